The van der Waals surface area contributed by atoms with E-state index in [9.17, 15) is 14.4 Å². The summed E-state index contributed by atoms with van der Waals surface area (Å²) in [5, 5.41) is 1.11. The number of hydrazine groups is 2. The lowest BCUT2D eigenvalue weighted by Crippen LogP contribution is -2.48. The molecule has 2 saturated heterocycles. The summed E-state index contributed by atoms with van der Waals surface area (Å²) in [6, 6.07) is 3.12. The minimum atomic E-state index is -0.732. The summed E-state index contributed by atoms with van der Waals surface area (Å²) >= 11 is 5.22. The molecule has 9 nitrogen and oxygen atoms in total. The van der Waals surface area contributed by atoms with Gasteiger partial charge in [-0.2, -0.15) is 5.12 Å². The van der Waals surface area contributed by atoms with Gasteiger partial charge in [-0.3, -0.25) is 14.4 Å². The molecule has 3 aliphatic rings. The van der Waals surface area contributed by atoms with E-state index in [0.29, 0.717) is 24.3 Å². The molecule has 0 spiro atoms. The topological polar surface area (TPSA) is 81.1 Å². The fraction of sp³-hybridized carbons (Fsp3) is 0.450. The lowest BCUT2D eigenvalue weighted by molar-refractivity contribution is -0.134. The molecule has 1 aromatic carbocycles. The van der Waals surface area contributed by atoms with E-state index in [1.54, 1.807) is 6.07 Å². The largest absolute Gasteiger partial charge is 0.367 e. The number of carbonyl (C=O) groups is 2. The second kappa shape index (κ2) is 8.25. The third kappa shape index (κ3) is 3.85. The van der Waals surface area contributed by atoms with Crippen molar-refractivity contribution in [3.8, 4) is 0 Å². The van der Waals surface area contributed by atoms with E-state index in [0.717, 1.165) is 43.0 Å². The quantitative estimate of drug-likeness (QED) is 0.508. The Morgan fingerprint density at radius 2 is 1.91 bits per heavy atom. The Morgan fingerprint density at radius 3 is 2.53 bits per heavy atom. The number of thiol groups is 1. The van der Waals surface area contributed by atoms with Crippen LogP contribution in [0.25, 0.3) is 10.9 Å². The number of aromatic nitrogens is 1. The number of halogens is 1. The maximum atomic E-state index is 15.1. The number of hydrogen-bond acceptors (Lipinski definition) is 8. The number of pyridine rings is 1. The molecule has 0 bridgehead atoms. The fourth-order valence-electron chi connectivity index (χ4n) is 4.05. The lowest BCUT2D eigenvalue weighted by atomic mass is 10.1. The highest BCUT2D eigenvalue weighted by Gasteiger charge is 2.32. The van der Waals surface area contributed by atoms with E-state index >= 15 is 4.39 Å². The van der Waals surface area contributed by atoms with Crippen molar-refractivity contribution in [2.24, 2.45) is 0 Å². The molecule has 2 amide bonds. The van der Waals surface area contributed by atoms with Crippen molar-refractivity contribution >= 4 is 53.2 Å². The van der Waals surface area contributed by atoms with Crippen LogP contribution >= 0.6 is 24.8 Å². The molecule has 2 aromatic rings. The molecule has 1 saturated carbocycles. The number of benzene rings is 1. The van der Waals surface area contributed by atoms with Crippen LogP contribution in [0.1, 0.15) is 29.2 Å². The Bertz CT molecular complexity index is 1160. The minimum absolute atomic E-state index is 0.133. The Labute approximate surface area is 193 Å². The van der Waals surface area contributed by atoms with Gasteiger partial charge in [-0.15, -0.1) is 0 Å². The summed E-state index contributed by atoms with van der Waals surface area (Å²) in [5.41, 5.74) is 2.81. The first-order valence-corrected chi connectivity index (χ1v) is 11.8. The fourth-order valence-corrected chi connectivity index (χ4v) is 4.97. The standard InChI is InChI=1S/C20H23FN6O3S2/c1-23-4-6-24(7-5-23)17-9-16-13(8-15(17)21)19(29)14(10-25(16)12-2-3-12)20(30)22-26-18(28)11-32-27(26)31/h8-10,12,31H,2-7,11H2,1H3,(H,22,30). The molecule has 1 N–H and O–H groups in total. The first-order valence-electron chi connectivity index (χ1n) is 10.4. The number of carbonyl (C=O) groups excluding carboxylic acids is 2. The Morgan fingerprint density at radius 1 is 1.19 bits per heavy atom. The van der Waals surface area contributed by atoms with Gasteiger partial charge < -0.3 is 14.4 Å². The Hall–Kier alpha value is -2.28. The van der Waals surface area contributed by atoms with Gasteiger partial charge in [0.15, 0.2) is 0 Å². The van der Waals surface area contributed by atoms with Crippen molar-refractivity contribution in [1.82, 2.24) is 23.8 Å². The van der Waals surface area contributed by atoms with Gasteiger partial charge in [0, 0.05) is 43.8 Å². The summed E-state index contributed by atoms with van der Waals surface area (Å²) in [7, 11) is 2.03. The molecule has 170 valence electrons. The molecule has 32 heavy (non-hydrogen) atoms. The number of anilines is 1. The molecule has 3 heterocycles. The zero-order chi connectivity index (χ0) is 22.6. The molecule has 1 aromatic heterocycles. The van der Waals surface area contributed by atoms with Gasteiger partial charge in [-0.25, -0.2) is 9.82 Å². The third-order valence-corrected chi connectivity index (χ3v) is 7.34. The summed E-state index contributed by atoms with van der Waals surface area (Å²) in [6.45, 7) is 3.08. The number of rotatable bonds is 4. The number of amides is 2. The van der Waals surface area contributed by atoms with E-state index in [1.165, 1.54) is 16.1 Å². The van der Waals surface area contributed by atoms with Gasteiger partial charge in [0.25, 0.3) is 11.8 Å². The van der Waals surface area contributed by atoms with Crippen LogP contribution in [0, 0.1) is 5.82 Å². The van der Waals surface area contributed by atoms with Crippen LogP contribution in [-0.2, 0) is 4.79 Å². The van der Waals surface area contributed by atoms with Crippen molar-refractivity contribution < 1.29 is 14.0 Å². The molecular weight excluding hydrogens is 455 g/mol. The van der Waals surface area contributed by atoms with Crippen LogP contribution in [0.15, 0.2) is 23.1 Å². The third-order valence-electron chi connectivity index (χ3n) is 6.05. The highest BCUT2D eigenvalue weighted by Crippen LogP contribution is 2.38. The van der Waals surface area contributed by atoms with Gasteiger partial charge in [0.2, 0.25) is 5.43 Å². The SMILES string of the molecule is CN1CCN(c2cc3c(cc2F)c(=O)c(C(=O)NN2C(=O)CSN2S)cn3C2CC2)CC1. The Kier molecular flexibility index (Phi) is 5.56. The number of nitrogens with one attached hydrogen (secondary N) is 1. The predicted molar refractivity (Wildman–Crippen MR) is 124 cm³/mol. The molecule has 2 aliphatic heterocycles. The van der Waals surface area contributed by atoms with Crippen molar-refractivity contribution in [2.75, 3.05) is 43.9 Å². The van der Waals surface area contributed by atoms with Crippen molar-refractivity contribution in [1.29, 1.82) is 0 Å². The van der Waals surface area contributed by atoms with Gasteiger partial charge in [-0.1, -0.05) is 16.6 Å². The second-order valence-corrected chi connectivity index (χ2v) is 9.84. The predicted octanol–water partition coefficient (Wildman–Crippen LogP) is 1.42. The zero-order valence-electron chi connectivity index (χ0n) is 17.5. The first kappa shape index (κ1) is 21.6. The number of fused-ring (bicyclic) bond motifs is 1. The highest BCUT2D eigenvalue weighted by atomic mass is 32.2. The Balaban J connectivity index is 1.56. The average Bonchev–Trinajstić information content (AvgIpc) is 3.57. The first-order chi connectivity index (χ1) is 15.3. The van der Waals surface area contributed by atoms with E-state index in [4.69, 9.17) is 0 Å². The van der Waals surface area contributed by atoms with Crippen LogP contribution in [-0.4, -0.2) is 69.2 Å². The van der Waals surface area contributed by atoms with Gasteiger partial charge in [0.05, 0.1) is 17.0 Å². The van der Waals surface area contributed by atoms with Crippen molar-refractivity contribution in [2.45, 2.75) is 18.9 Å². The van der Waals surface area contributed by atoms with Crippen LogP contribution in [0.4, 0.5) is 10.1 Å². The average molecular weight is 479 g/mol. The van der Waals surface area contributed by atoms with Gasteiger partial charge >= 0.3 is 0 Å². The van der Waals surface area contributed by atoms with E-state index in [-0.39, 0.29) is 28.7 Å². The summed E-state index contributed by atoms with van der Waals surface area (Å²) in [6.07, 6.45) is 3.37. The number of piperazine rings is 1. The highest BCUT2D eigenvalue weighted by molar-refractivity contribution is 8.06. The minimum Gasteiger partial charge on any atom is -0.367 e. The van der Waals surface area contributed by atoms with Crippen LogP contribution < -0.4 is 15.8 Å². The van der Waals surface area contributed by atoms with Crippen molar-refractivity contribution in [3.05, 3.63) is 39.9 Å². The molecule has 3 fully saturated rings. The van der Waals surface area contributed by atoms with E-state index in [1.807, 2.05) is 16.5 Å². The summed E-state index contributed by atoms with van der Waals surface area (Å²) < 4.78 is 18.2. The smallest absolute Gasteiger partial charge is 0.276 e. The molecule has 1 aliphatic carbocycles. The summed E-state index contributed by atoms with van der Waals surface area (Å²) in [4.78, 5) is 42.2. The van der Waals surface area contributed by atoms with Crippen LogP contribution in [0.5, 0.6) is 0 Å². The van der Waals surface area contributed by atoms with E-state index in [2.05, 4.69) is 23.1 Å². The molecule has 0 unspecified atom stereocenters. The van der Waals surface area contributed by atoms with Gasteiger partial charge in [0.1, 0.15) is 11.4 Å². The van der Waals surface area contributed by atoms with Gasteiger partial charge in [-0.05, 0) is 44.0 Å². The molecule has 0 radical (unpaired) electrons. The molecular formula is C20H23FN6O3S2. The maximum absolute atomic E-state index is 15.1. The lowest BCUT2D eigenvalue weighted by Gasteiger charge is -2.34. The number of hydrogen-bond donors (Lipinski definition) is 2. The van der Waals surface area contributed by atoms with E-state index < -0.39 is 17.2 Å². The number of likely N-dealkylation sites (N-methyl/N-ethyl adjacent to an activating group) is 1. The molecule has 0 atom stereocenters. The second-order valence-electron chi connectivity index (χ2n) is 8.29. The zero-order valence-corrected chi connectivity index (χ0v) is 19.2. The summed E-state index contributed by atoms with van der Waals surface area (Å²) in [5.74, 6) is -1.44. The van der Waals surface area contributed by atoms with Crippen LogP contribution in [0.3, 0.4) is 0 Å². The number of nitrogens with zero attached hydrogens (tertiary/aromatic N) is 5. The monoisotopic (exact) mass is 478 g/mol. The normalized spacial score (nSPS) is 20.4. The maximum Gasteiger partial charge on any atom is 0.276 e. The molecule has 5 rings (SSSR count). The molecule has 12 heteroatoms. The van der Waals surface area contributed by atoms with Crippen LogP contribution in [0.2, 0.25) is 0 Å². The van der Waals surface area contributed by atoms with Crippen molar-refractivity contribution in [3.63, 3.8) is 0 Å².